The zero-order valence-corrected chi connectivity index (χ0v) is 13.1. The Morgan fingerprint density at radius 1 is 1.56 bits per heavy atom. The van der Waals surface area contributed by atoms with Gasteiger partial charge in [0.15, 0.2) is 9.84 Å². The Kier molecular flexibility index (Phi) is 4.60. The molecule has 1 aromatic heterocycles. The van der Waals surface area contributed by atoms with Gasteiger partial charge in [0, 0.05) is 12.6 Å². The van der Waals surface area contributed by atoms with E-state index < -0.39 is 9.84 Å². The van der Waals surface area contributed by atoms with Gasteiger partial charge in [-0.2, -0.15) is 0 Å². The van der Waals surface area contributed by atoms with Crippen molar-refractivity contribution in [3.8, 4) is 0 Å². The van der Waals surface area contributed by atoms with E-state index in [0.29, 0.717) is 21.0 Å². The number of nitrogens with one attached hydrogen (secondary N) is 1. The molecule has 0 bridgehead atoms. The maximum absolute atomic E-state index is 11.7. The lowest BCUT2D eigenvalue weighted by atomic mass is 10.1. The van der Waals surface area contributed by atoms with Crippen LogP contribution in [0.4, 0.5) is 0 Å². The van der Waals surface area contributed by atoms with Crippen LogP contribution in [0.15, 0.2) is 6.07 Å². The molecule has 0 aliphatic carbocycles. The van der Waals surface area contributed by atoms with Gasteiger partial charge in [-0.25, -0.2) is 8.42 Å². The second-order valence-electron chi connectivity index (χ2n) is 4.54. The van der Waals surface area contributed by atoms with Crippen LogP contribution in [-0.2, 0) is 9.84 Å². The molecule has 0 saturated carbocycles. The van der Waals surface area contributed by atoms with Crippen molar-refractivity contribution in [3.63, 3.8) is 0 Å². The van der Waals surface area contributed by atoms with Gasteiger partial charge in [0.25, 0.3) is 0 Å². The van der Waals surface area contributed by atoms with Crippen molar-refractivity contribution >= 4 is 44.4 Å². The monoisotopic (exact) mass is 327 g/mol. The van der Waals surface area contributed by atoms with Crippen LogP contribution in [-0.4, -0.2) is 26.0 Å². The lowest BCUT2D eigenvalue weighted by Crippen LogP contribution is -2.32. The molecule has 18 heavy (non-hydrogen) atoms. The van der Waals surface area contributed by atoms with Gasteiger partial charge in [-0.1, -0.05) is 23.2 Å². The summed E-state index contributed by atoms with van der Waals surface area (Å²) in [5.41, 5.74) is 0.932. The summed E-state index contributed by atoms with van der Waals surface area (Å²) in [6.45, 7) is 2.44. The topological polar surface area (TPSA) is 46.2 Å². The molecule has 2 rings (SSSR count). The van der Waals surface area contributed by atoms with E-state index in [0.717, 1.165) is 18.4 Å². The minimum absolute atomic E-state index is 0.0112. The summed E-state index contributed by atoms with van der Waals surface area (Å²) < 4.78 is 24.7. The number of hydrogen-bond acceptors (Lipinski definition) is 4. The van der Waals surface area contributed by atoms with E-state index in [1.54, 1.807) is 0 Å². The molecule has 1 aliphatic rings. The number of hydrogen-bond donors (Lipinski definition) is 1. The summed E-state index contributed by atoms with van der Waals surface area (Å²) >= 11 is 13.3. The zero-order chi connectivity index (χ0) is 13.3. The molecular weight excluding hydrogens is 313 g/mol. The average molecular weight is 328 g/mol. The fourth-order valence-corrected chi connectivity index (χ4v) is 5.58. The quantitative estimate of drug-likeness (QED) is 0.923. The minimum atomic E-state index is -2.89. The van der Waals surface area contributed by atoms with Crippen molar-refractivity contribution in [1.82, 2.24) is 5.32 Å². The third kappa shape index (κ3) is 3.20. The molecule has 1 fully saturated rings. The first-order valence-electron chi connectivity index (χ1n) is 5.80. The molecule has 1 aliphatic heterocycles. The van der Waals surface area contributed by atoms with Crippen molar-refractivity contribution in [2.24, 2.45) is 0 Å². The molecule has 0 radical (unpaired) electrons. The van der Waals surface area contributed by atoms with Gasteiger partial charge < -0.3 is 5.32 Å². The average Bonchev–Trinajstić information content (AvgIpc) is 2.78. The smallest absolute Gasteiger partial charge is 0.154 e. The fraction of sp³-hybridized carbons (Fsp3) is 0.636. The molecule has 102 valence electrons. The first kappa shape index (κ1) is 14.6. The van der Waals surface area contributed by atoms with E-state index >= 15 is 0 Å². The van der Waals surface area contributed by atoms with Crippen LogP contribution in [0.1, 0.15) is 31.4 Å². The molecule has 2 atom stereocenters. The first-order chi connectivity index (χ1) is 8.40. The first-order valence-corrected chi connectivity index (χ1v) is 9.08. The van der Waals surface area contributed by atoms with Gasteiger partial charge >= 0.3 is 0 Å². The highest BCUT2D eigenvalue weighted by molar-refractivity contribution is 7.92. The highest BCUT2D eigenvalue weighted by Crippen LogP contribution is 2.35. The van der Waals surface area contributed by atoms with Crippen LogP contribution >= 0.6 is 34.5 Å². The predicted molar refractivity (Wildman–Crippen MR) is 77.6 cm³/mol. The SMILES string of the molecule is CC(NCC1CCCS1(=O)=O)c1cc(Cl)sc1Cl. The molecule has 0 spiro atoms. The number of halogens is 2. The Labute approximate surface area is 121 Å². The van der Waals surface area contributed by atoms with Gasteiger partial charge in [0.2, 0.25) is 0 Å². The maximum Gasteiger partial charge on any atom is 0.154 e. The van der Waals surface area contributed by atoms with Gasteiger partial charge in [0.1, 0.15) is 0 Å². The molecule has 2 heterocycles. The van der Waals surface area contributed by atoms with Crippen LogP contribution in [0.2, 0.25) is 8.67 Å². The zero-order valence-electron chi connectivity index (χ0n) is 9.95. The summed E-state index contributed by atoms with van der Waals surface area (Å²) in [5.74, 6) is 0.318. The Hall–Kier alpha value is 0.190. The van der Waals surface area contributed by atoms with E-state index in [2.05, 4.69) is 5.32 Å². The Bertz CT molecular complexity index is 527. The summed E-state index contributed by atoms with van der Waals surface area (Å²) in [7, 11) is -2.89. The van der Waals surface area contributed by atoms with Crippen molar-refractivity contribution < 1.29 is 8.42 Å². The maximum atomic E-state index is 11.7. The summed E-state index contributed by atoms with van der Waals surface area (Å²) in [4.78, 5) is 0. The van der Waals surface area contributed by atoms with Crippen LogP contribution in [0.3, 0.4) is 0 Å². The third-order valence-corrected chi connectivity index (χ3v) is 7.06. The Morgan fingerprint density at radius 2 is 2.28 bits per heavy atom. The van der Waals surface area contributed by atoms with E-state index in [4.69, 9.17) is 23.2 Å². The fourth-order valence-electron chi connectivity index (χ4n) is 2.15. The largest absolute Gasteiger partial charge is 0.309 e. The molecule has 2 unspecified atom stereocenters. The molecule has 1 N–H and O–H groups in total. The van der Waals surface area contributed by atoms with Crippen LogP contribution < -0.4 is 5.32 Å². The van der Waals surface area contributed by atoms with Crippen LogP contribution in [0.25, 0.3) is 0 Å². The van der Waals surface area contributed by atoms with Crippen molar-refractivity contribution in [1.29, 1.82) is 0 Å². The molecular formula is C11H15Cl2NO2S2. The van der Waals surface area contributed by atoms with Gasteiger partial charge in [-0.15, -0.1) is 11.3 Å². The van der Waals surface area contributed by atoms with Gasteiger partial charge in [0.05, 0.1) is 19.7 Å². The third-order valence-electron chi connectivity index (χ3n) is 3.26. The van der Waals surface area contributed by atoms with Crippen LogP contribution in [0.5, 0.6) is 0 Å². The molecule has 0 aromatic carbocycles. The van der Waals surface area contributed by atoms with Crippen molar-refractivity contribution in [2.75, 3.05) is 12.3 Å². The molecule has 0 amide bonds. The summed E-state index contributed by atoms with van der Waals surface area (Å²) in [6, 6.07) is 1.84. The summed E-state index contributed by atoms with van der Waals surface area (Å²) in [6.07, 6.45) is 1.52. The normalized spacial score (nSPS) is 24.3. The molecule has 7 heteroatoms. The van der Waals surface area contributed by atoms with E-state index in [9.17, 15) is 8.42 Å². The van der Waals surface area contributed by atoms with Gasteiger partial charge in [-0.05, 0) is 31.4 Å². The molecule has 3 nitrogen and oxygen atoms in total. The highest BCUT2D eigenvalue weighted by atomic mass is 35.5. The minimum Gasteiger partial charge on any atom is -0.309 e. The van der Waals surface area contributed by atoms with Crippen molar-refractivity contribution in [3.05, 3.63) is 20.3 Å². The predicted octanol–water partition coefficient (Wildman–Crippen LogP) is 3.28. The molecule has 1 aromatic rings. The lowest BCUT2D eigenvalue weighted by molar-refractivity contribution is 0.539. The van der Waals surface area contributed by atoms with Crippen LogP contribution in [0, 0.1) is 0 Å². The highest BCUT2D eigenvalue weighted by Gasteiger charge is 2.31. The standard InChI is InChI=1S/C11H15Cl2NO2S2/c1-7(9-5-10(12)17-11(9)13)14-6-8-3-2-4-18(8,15)16/h5,7-8,14H,2-4,6H2,1H3. The second kappa shape index (κ2) is 5.67. The van der Waals surface area contributed by atoms with Gasteiger partial charge in [-0.3, -0.25) is 0 Å². The summed E-state index contributed by atoms with van der Waals surface area (Å²) in [5, 5.41) is 2.98. The number of thiophene rings is 1. The van der Waals surface area contributed by atoms with E-state index in [-0.39, 0.29) is 11.3 Å². The Morgan fingerprint density at radius 3 is 2.78 bits per heavy atom. The lowest BCUT2D eigenvalue weighted by Gasteiger charge is -2.16. The number of rotatable bonds is 4. The van der Waals surface area contributed by atoms with Crippen molar-refractivity contribution in [2.45, 2.75) is 31.1 Å². The van der Waals surface area contributed by atoms with E-state index in [1.165, 1.54) is 11.3 Å². The Balaban J connectivity index is 1.96. The molecule has 1 saturated heterocycles. The number of sulfone groups is 1. The second-order valence-corrected chi connectivity index (χ2v) is 9.23. The van der Waals surface area contributed by atoms with E-state index in [1.807, 2.05) is 13.0 Å².